The highest BCUT2D eigenvalue weighted by Gasteiger charge is 1.94. The van der Waals surface area contributed by atoms with Crippen molar-refractivity contribution in [3.05, 3.63) is 0 Å². The molecular weight excluding hydrogens is 136 g/mol. The van der Waals surface area contributed by atoms with E-state index >= 15 is 0 Å². The van der Waals surface area contributed by atoms with E-state index in [0.717, 1.165) is 19.4 Å². The van der Waals surface area contributed by atoms with Gasteiger partial charge in [-0.2, -0.15) is 5.26 Å². The van der Waals surface area contributed by atoms with Crippen molar-refractivity contribution in [2.24, 2.45) is 0 Å². The molecule has 0 bridgehead atoms. The van der Waals surface area contributed by atoms with Crippen LogP contribution in [0.2, 0.25) is 0 Å². The molecule has 0 spiro atoms. The van der Waals surface area contributed by atoms with Crippen LogP contribution in [-0.2, 0) is 0 Å². The molecule has 0 aromatic carbocycles. The summed E-state index contributed by atoms with van der Waals surface area (Å²) in [5, 5.41) is 8.27. The highest BCUT2D eigenvalue weighted by Crippen LogP contribution is 1.96. The second kappa shape index (κ2) is 7.56. The molecule has 2 heteroatoms. The molecule has 0 aliphatic carbocycles. The zero-order valence-electron chi connectivity index (χ0n) is 7.64. The summed E-state index contributed by atoms with van der Waals surface area (Å²) in [6.07, 6.45) is 4.13. The van der Waals surface area contributed by atoms with Crippen LogP contribution in [0.1, 0.15) is 32.6 Å². The van der Waals surface area contributed by atoms with Crippen LogP contribution in [0.15, 0.2) is 0 Å². The first-order valence-corrected chi connectivity index (χ1v) is 4.36. The standard InChI is InChI=1S/C9H18N2/c1-3-8-11(2)9-6-4-5-7-10/h3-6,8-9H2,1-2H3. The first-order valence-electron chi connectivity index (χ1n) is 4.36. The van der Waals surface area contributed by atoms with E-state index in [0.29, 0.717) is 6.42 Å². The van der Waals surface area contributed by atoms with Gasteiger partial charge < -0.3 is 4.90 Å². The first-order chi connectivity index (χ1) is 5.31. The molecule has 0 unspecified atom stereocenters. The summed E-state index contributed by atoms with van der Waals surface area (Å²) in [4.78, 5) is 2.32. The van der Waals surface area contributed by atoms with Crippen LogP contribution in [0.3, 0.4) is 0 Å². The summed E-state index contributed by atoms with van der Waals surface area (Å²) in [6, 6.07) is 2.15. The van der Waals surface area contributed by atoms with Gasteiger partial charge in [-0.3, -0.25) is 0 Å². The largest absolute Gasteiger partial charge is 0.306 e. The molecule has 64 valence electrons. The summed E-state index contributed by atoms with van der Waals surface area (Å²) >= 11 is 0. The molecule has 2 nitrogen and oxygen atoms in total. The Morgan fingerprint density at radius 3 is 2.55 bits per heavy atom. The average Bonchev–Trinajstić information content (AvgIpc) is 1.99. The lowest BCUT2D eigenvalue weighted by atomic mass is 10.2. The fourth-order valence-corrected chi connectivity index (χ4v) is 1.08. The Kier molecular flexibility index (Phi) is 7.18. The minimum Gasteiger partial charge on any atom is -0.306 e. The van der Waals surface area contributed by atoms with Gasteiger partial charge in [0.25, 0.3) is 0 Å². The molecule has 0 aliphatic rings. The molecule has 0 amide bonds. The van der Waals surface area contributed by atoms with E-state index in [1.54, 1.807) is 0 Å². The molecule has 0 heterocycles. The van der Waals surface area contributed by atoms with Crippen LogP contribution in [0.5, 0.6) is 0 Å². The normalized spacial score (nSPS) is 10.0. The molecule has 11 heavy (non-hydrogen) atoms. The Balaban J connectivity index is 3.05. The third-order valence-corrected chi connectivity index (χ3v) is 1.68. The van der Waals surface area contributed by atoms with Gasteiger partial charge in [0, 0.05) is 6.42 Å². The predicted octanol–water partition coefficient (Wildman–Crippen LogP) is 2.02. The lowest BCUT2D eigenvalue weighted by Crippen LogP contribution is -2.20. The van der Waals surface area contributed by atoms with E-state index in [9.17, 15) is 0 Å². The van der Waals surface area contributed by atoms with Gasteiger partial charge in [0.1, 0.15) is 0 Å². The van der Waals surface area contributed by atoms with Crippen LogP contribution in [-0.4, -0.2) is 25.0 Å². The minimum atomic E-state index is 0.708. The van der Waals surface area contributed by atoms with Gasteiger partial charge in [0.15, 0.2) is 0 Å². The van der Waals surface area contributed by atoms with Crippen molar-refractivity contribution in [2.45, 2.75) is 32.6 Å². The van der Waals surface area contributed by atoms with E-state index in [4.69, 9.17) is 5.26 Å². The van der Waals surface area contributed by atoms with Gasteiger partial charge in [-0.25, -0.2) is 0 Å². The Bertz CT molecular complexity index is 115. The topological polar surface area (TPSA) is 27.0 Å². The highest BCUT2D eigenvalue weighted by molar-refractivity contribution is 4.68. The van der Waals surface area contributed by atoms with Gasteiger partial charge in [0.2, 0.25) is 0 Å². The zero-order chi connectivity index (χ0) is 8.53. The number of hydrogen-bond acceptors (Lipinski definition) is 2. The van der Waals surface area contributed by atoms with Crippen molar-refractivity contribution in [1.29, 1.82) is 5.26 Å². The molecular formula is C9H18N2. The Hall–Kier alpha value is -0.550. The van der Waals surface area contributed by atoms with Crippen LogP contribution in [0, 0.1) is 11.3 Å². The van der Waals surface area contributed by atoms with Gasteiger partial charge in [0.05, 0.1) is 6.07 Å². The minimum absolute atomic E-state index is 0.708. The lowest BCUT2D eigenvalue weighted by molar-refractivity contribution is 0.327. The summed E-state index contributed by atoms with van der Waals surface area (Å²) in [5.41, 5.74) is 0. The Labute approximate surface area is 69.8 Å². The van der Waals surface area contributed by atoms with Crippen LogP contribution >= 0.6 is 0 Å². The van der Waals surface area contributed by atoms with Crippen molar-refractivity contribution in [3.63, 3.8) is 0 Å². The summed E-state index contributed by atoms with van der Waals surface area (Å²) in [6.45, 7) is 4.49. The molecule has 0 atom stereocenters. The third-order valence-electron chi connectivity index (χ3n) is 1.68. The molecule has 0 aromatic heterocycles. The molecule has 0 N–H and O–H groups in total. The fraction of sp³-hybridized carbons (Fsp3) is 0.889. The third kappa shape index (κ3) is 7.35. The van der Waals surface area contributed by atoms with Crippen molar-refractivity contribution >= 4 is 0 Å². The number of rotatable bonds is 6. The van der Waals surface area contributed by atoms with E-state index in [1.807, 2.05) is 0 Å². The number of nitriles is 1. The predicted molar refractivity (Wildman–Crippen MR) is 47.3 cm³/mol. The molecule has 0 saturated carbocycles. The number of hydrogen-bond donors (Lipinski definition) is 0. The van der Waals surface area contributed by atoms with E-state index in [1.165, 1.54) is 13.0 Å². The highest BCUT2D eigenvalue weighted by atomic mass is 15.1. The summed E-state index contributed by atoms with van der Waals surface area (Å²) in [5.74, 6) is 0. The van der Waals surface area contributed by atoms with Gasteiger partial charge in [-0.15, -0.1) is 0 Å². The van der Waals surface area contributed by atoms with Crippen molar-refractivity contribution in [2.75, 3.05) is 20.1 Å². The monoisotopic (exact) mass is 154 g/mol. The van der Waals surface area contributed by atoms with Crippen molar-refractivity contribution in [1.82, 2.24) is 4.90 Å². The average molecular weight is 154 g/mol. The molecule has 0 radical (unpaired) electrons. The smallest absolute Gasteiger partial charge is 0.0621 e. The van der Waals surface area contributed by atoms with Gasteiger partial charge in [-0.05, 0) is 39.4 Å². The van der Waals surface area contributed by atoms with Crippen LogP contribution < -0.4 is 0 Å². The van der Waals surface area contributed by atoms with Crippen LogP contribution in [0.25, 0.3) is 0 Å². The Morgan fingerprint density at radius 2 is 2.00 bits per heavy atom. The number of unbranched alkanes of at least 4 members (excludes halogenated alkanes) is 2. The quantitative estimate of drug-likeness (QED) is 0.547. The Morgan fingerprint density at radius 1 is 1.27 bits per heavy atom. The number of nitrogens with zero attached hydrogens (tertiary/aromatic N) is 2. The summed E-state index contributed by atoms with van der Waals surface area (Å²) in [7, 11) is 2.13. The van der Waals surface area contributed by atoms with E-state index < -0.39 is 0 Å². The van der Waals surface area contributed by atoms with Crippen molar-refractivity contribution < 1.29 is 0 Å². The summed E-state index contributed by atoms with van der Waals surface area (Å²) < 4.78 is 0. The zero-order valence-corrected chi connectivity index (χ0v) is 7.64. The second-order valence-corrected chi connectivity index (χ2v) is 2.92. The molecule has 0 saturated heterocycles. The van der Waals surface area contributed by atoms with Gasteiger partial charge in [-0.1, -0.05) is 6.92 Å². The van der Waals surface area contributed by atoms with Crippen molar-refractivity contribution in [3.8, 4) is 6.07 Å². The van der Waals surface area contributed by atoms with E-state index in [-0.39, 0.29) is 0 Å². The second-order valence-electron chi connectivity index (χ2n) is 2.92. The molecule has 0 rings (SSSR count). The molecule has 0 aromatic rings. The maximum atomic E-state index is 8.27. The SMILES string of the molecule is CCCN(C)CCCCC#N. The lowest BCUT2D eigenvalue weighted by Gasteiger charge is -2.13. The van der Waals surface area contributed by atoms with Gasteiger partial charge >= 0.3 is 0 Å². The van der Waals surface area contributed by atoms with E-state index in [2.05, 4.69) is 24.9 Å². The maximum Gasteiger partial charge on any atom is 0.0621 e. The first kappa shape index (κ1) is 10.4. The van der Waals surface area contributed by atoms with Crippen LogP contribution in [0.4, 0.5) is 0 Å². The molecule has 0 aliphatic heterocycles. The molecule has 0 fully saturated rings. The maximum absolute atomic E-state index is 8.27. The fourth-order valence-electron chi connectivity index (χ4n) is 1.08.